The van der Waals surface area contributed by atoms with Crippen molar-refractivity contribution in [2.24, 2.45) is 16.7 Å². The topological polar surface area (TPSA) is 86.6 Å². The van der Waals surface area contributed by atoms with E-state index in [1.54, 1.807) is 25.1 Å². The van der Waals surface area contributed by atoms with Crippen LogP contribution in [0, 0.1) is 16.7 Å². The molecule has 0 aromatic heterocycles. The summed E-state index contributed by atoms with van der Waals surface area (Å²) >= 11 is 0. The molecule has 21 heavy (non-hydrogen) atoms. The Labute approximate surface area is 124 Å². The van der Waals surface area contributed by atoms with Crippen LogP contribution in [0.1, 0.15) is 33.6 Å². The molecule has 2 rings (SSSR count). The van der Waals surface area contributed by atoms with Crippen molar-refractivity contribution < 1.29 is 19.8 Å². The molecular weight excluding hydrogens is 270 g/mol. The molecule has 1 aliphatic carbocycles. The van der Waals surface area contributed by atoms with E-state index in [1.165, 1.54) is 6.07 Å². The third-order valence-electron chi connectivity index (χ3n) is 5.18. The van der Waals surface area contributed by atoms with Crippen LogP contribution in [0.2, 0.25) is 0 Å². The van der Waals surface area contributed by atoms with Crippen LogP contribution in [0.3, 0.4) is 0 Å². The molecule has 5 heteroatoms. The standard InChI is InChI=1S/C16H21NO4/c1-15(2)10(8-9-16(15,3)14(20)21)13(19)17-11-6-4-5-7-12(11)18/h4-7,10,18H,8-9H2,1-3H3,(H,17,19)(H,20,21)/t10-,16+/m0/s1. The first-order valence-electron chi connectivity index (χ1n) is 7.02. The summed E-state index contributed by atoms with van der Waals surface area (Å²) in [6, 6.07) is 6.50. The van der Waals surface area contributed by atoms with E-state index in [0.717, 1.165) is 0 Å². The first kappa shape index (κ1) is 15.4. The van der Waals surface area contributed by atoms with Crippen molar-refractivity contribution in [3.8, 4) is 5.75 Å². The Morgan fingerprint density at radius 3 is 2.38 bits per heavy atom. The Morgan fingerprint density at radius 2 is 1.86 bits per heavy atom. The number of rotatable bonds is 3. The van der Waals surface area contributed by atoms with Gasteiger partial charge >= 0.3 is 5.97 Å². The SMILES string of the molecule is CC1(C)[C@H](C(=O)Nc2ccccc2O)CC[C@]1(C)C(=O)O. The third kappa shape index (κ3) is 2.37. The van der Waals surface area contributed by atoms with E-state index >= 15 is 0 Å². The molecule has 5 nitrogen and oxygen atoms in total. The van der Waals surface area contributed by atoms with Crippen LogP contribution < -0.4 is 5.32 Å². The van der Waals surface area contributed by atoms with E-state index in [4.69, 9.17) is 0 Å². The number of aromatic hydroxyl groups is 1. The minimum Gasteiger partial charge on any atom is -0.506 e. The van der Waals surface area contributed by atoms with Gasteiger partial charge in [0.15, 0.2) is 0 Å². The predicted octanol–water partition coefficient (Wildman–Crippen LogP) is 2.86. The Kier molecular flexibility index (Phi) is 3.70. The maximum atomic E-state index is 12.5. The number of hydrogen-bond donors (Lipinski definition) is 3. The number of carbonyl (C=O) groups excluding carboxylic acids is 1. The van der Waals surface area contributed by atoms with Gasteiger partial charge in [-0.1, -0.05) is 26.0 Å². The van der Waals surface area contributed by atoms with Gasteiger partial charge in [-0.3, -0.25) is 9.59 Å². The van der Waals surface area contributed by atoms with Crippen molar-refractivity contribution in [3.05, 3.63) is 24.3 Å². The summed E-state index contributed by atoms with van der Waals surface area (Å²) in [5.74, 6) is -1.52. The molecule has 1 aromatic rings. The molecule has 1 aliphatic rings. The van der Waals surface area contributed by atoms with Gasteiger partial charge in [-0.15, -0.1) is 0 Å². The van der Waals surface area contributed by atoms with Gasteiger partial charge in [0.25, 0.3) is 0 Å². The highest BCUT2D eigenvalue weighted by atomic mass is 16.4. The maximum absolute atomic E-state index is 12.5. The monoisotopic (exact) mass is 291 g/mol. The zero-order valence-electron chi connectivity index (χ0n) is 12.5. The molecule has 0 spiro atoms. The van der Waals surface area contributed by atoms with E-state index in [9.17, 15) is 19.8 Å². The predicted molar refractivity (Wildman–Crippen MR) is 79.0 cm³/mol. The number of nitrogens with one attached hydrogen (secondary N) is 1. The second kappa shape index (κ2) is 5.06. The van der Waals surface area contributed by atoms with Crippen molar-refractivity contribution in [2.75, 3.05) is 5.32 Å². The van der Waals surface area contributed by atoms with Crippen molar-refractivity contribution in [3.63, 3.8) is 0 Å². The lowest BCUT2D eigenvalue weighted by atomic mass is 9.65. The number of anilines is 1. The van der Waals surface area contributed by atoms with Crippen LogP contribution in [0.4, 0.5) is 5.69 Å². The molecule has 0 aliphatic heterocycles. The molecule has 1 aromatic carbocycles. The molecule has 1 fully saturated rings. The van der Waals surface area contributed by atoms with Gasteiger partial charge in [0.1, 0.15) is 5.75 Å². The number of carbonyl (C=O) groups is 2. The van der Waals surface area contributed by atoms with Gasteiger partial charge in [-0.2, -0.15) is 0 Å². The Bertz CT molecular complexity index is 581. The Morgan fingerprint density at radius 1 is 1.24 bits per heavy atom. The van der Waals surface area contributed by atoms with Crippen molar-refractivity contribution in [1.29, 1.82) is 0 Å². The Balaban J connectivity index is 2.22. The smallest absolute Gasteiger partial charge is 0.309 e. The summed E-state index contributed by atoms with van der Waals surface area (Å²) in [7, 11) is 0. The van der Waals surface area contributed by atoms with Gasteiger partial charge < -0.3 is 15.5 Å². The number of carboxylic acid groups (broad SMARTS) is 1. The first-order valence-corrected chi connectivity index (χ1v) is 7.02. The summed E-state index contributed by atoms with van der Waals surface area (Å²) in [5.41, 5.74) is -1.23. The van der Waals surface area contributed by atoms with Crippen LogP contribution in [-0.4, -0.2) is 22.1 Å². The average molecular weight is 291 g/mol. The van der Waals surface area contributed by atoms with Crippen LogP contribution in [0.15, 0.2) is 24.3 Å². The quantitative estimate of drug-likeness (QED) is 0.747. The van der Waals surface area contributed by atoms with Crippen LogP contribution in [0.25, 0.3) is 0 Å². The highest BCUT2D eigenvalue weighted by Crippen LogP contribution is 2.56. The Hall–Kier alpha value is -2.04. The summed E-state index contributed by atoms with van der Waals surface area (Å²) in [5, 5.41) is 21.9. The van der Waals surface area contributed by atoms with E-state index in [2.05, 4.69) is 5.32 Å². The molecule has 0 bridgehead atoms. The van der Waals surface area contributed by atoms with Crippen molar-refractivity contribution in [2.45, 2.75) is 33.6 Å². The molecule has 0 saturated heterocycles. The number of aliphatic carboxylic acids is 1. The number of para-hydroxylation sites is 2. The summed E-state index contributed by atoms with van der Waals surface area (Å²) < 4.78 is 0. The van der Waals surface area contributed by atoms with Gasteiger partial charge in [-0.25, -0.2) is 0 Å². The summed E-state index contributed by atoms with van der Waals surface area (Å²) in [6.07, 6.45) is 0.990. The fraction of sp³-hybridized carbons (Fsp3) is 0.500. The molecule has 2 atom stereocenters. The van der Waals surface area contributed by atoms with Gasteiger partial charge in [-0.05, 0) is 37.3 Å². The molecule has 114 valence electrons. The maximum Gasteiger partial charge on any atom is 0.309 e. The molecule has 3 N–H and O–H groups in total. The fourth-order valence-corrected chi connectivity index (χ4v) is 3.14. The summed E-state index contributed by atoms with van der Waals surface area (Å²) in [4.78, 5) is 24.0. The third-order valence-corrected chi connectivity index (χ3v) is 5.18. The lowest BCUT2D eigenvalue weighted by Gasteiger charge is -2.37. The highest BCUT2D eigenvalue weighted by molar-refractivity contribution is 5.95. The zero-order valence-corrected chi connectivity index (χ0v) is 12.5. The minimum absolute atomic E-state index is 0.00245. The minimum atomic E-state index is -0.923. The normalized spacial score (nSPS) is 27.3. The number of phenols is 1. The van der Waals surface area contributed by atoms with Gasteiger partial charge in [0.05, 0.1) is 11.1 Å². The van der Waals surface area contributed by atoms with Gasteiger partial charge in [0.2, 0.25) is 5.91 Å². The average Bonchev–Trinajstić information content (AvgIpc) is 2.64. The molecule has 0 unspecified atom stereocenters. The van der Waals surface area contributed by atoms with Crippen LogP contribution in [-0.2, 0) is 9.59 Å². The number of benzene rings is 1. The van der Waals surface area contributed by atoms with Crippen LogP contribution in [0.5, 0.6) is 5.75 Å². The van der Waals surface area contributed by atoms with Gasteiger partial charge in [0, 0.05) is 5.92 Å². The number of carboxylic acids is 1. The van der Waals surface area contributed by atoms with Crippen molar-refractivity contribution in [1.82, 2.24) is 0 Å². The lowest BCUT2D eigenvalue weighted by molar-refractivity contribution is -0.154. The van der Waals surface area contributed by atoms with E-state index in [-0.39, 0.29) is 11.7 Å². The number of amides is 1. The number of phenolic OH excluding ortho intramolecular Hbond substituents is 1. The molecular formula is C16H21NO4. The first-order chi connectivity index (χ1) is 9.70. The second-order valence-corrected chi connectivity index (χ2v) is 6.46. The molecule has 0 radical (unpaired) electrons. The van der Waals surface area contributed by atoms with E-state index < -0.39 is 22.7 Å². The highest BCUT2D eigenvalue weighted by Gasteiger charge is 2.58. The number of hydrogen-bond acceptors (Lipinski definition) is 3. The fourth-order valence-electron chi connectivity index (χ4n) is 3.14. The zero-order chi connectivity index (χ0) is 15.8. The van der Waals surface area contributed by atoms with Crippen LogP contribution >= 0.6 is 0 Å². The van der Waals surface area contributed by atoms with E-state index in [1.807, 2.05) is 13.8 Å². The lowest BCUT2D eigenvalue weighted by Crippen LogP contribution is -2.43. The molecule has 0 heterocycles. The van der Waals surface area contributed by atoms with E-state index in [0.29, 0.717) is 18.5 Å². The largest absolute Gasteiger partial charge is 0.506 e. The second-order valence-electron chi connectivity index (χ2n) is 6.46. The van der Waals surface area contributed by atoms with Crippen molar-refractivity contribution >= 4 is 17.6 Å². The molecule has 1 amide bonds. The summed E-state index contributed by atoms with van der Waals surface area (Å²) in [6.45, 7) is 5.34. The molecule has 1 saturated carbocycles.